The molecule has 3 atom stereocenters. The van der Waals surface area contributed by atoms with E-state index < -0.39 is 51.3 Å². The largest absolute Gasteiger partial charge is 0.465 e. The molecule has 37 heavy (non-hydrogen) atoms. The van der Waals surface area contributed by atoms with Crippen LogP contribution >= 0.6 is 23.4 Å². The number of amidine groups is 1. The van der Waals surface area contributed by atoms with Crippen LogP contribution in [0, 0.1) is 17.6 Å². The molecule has 1 aliphatic heterocycles. The van der Waals surface area contributed by atoms with Crippen LogP contribution in [0.25, 0.3) is 0 Å². The molecule has 2 aromatic rings. The zero-order valence-corrected chi connectivity index (χ0v) is 21.9. The first kappa shape index (κ1) is 26.8. The lowest BCUT2D eigenvalue weighted by Gasteiger charge is -2.40. The normalized spacial score (nSPS) is 24.5. The molecule has 0 spiro atoms. The minimum Gasteiger partial charge on any atom is -0.465 e. The number of thioether (sulfide) groups is 1. The second-order valence-electron chi connectivity index (χ2n) is 10.1. The summed E-state index contributed by atoms with van der Waals surface area (Å²) in [5, 5.41) is 12.6. The highest BCUT2D eigenvalue weighted by molar-refractivity contribution is 8.16. The quantitative estimate of drug-likeness (QED) is 0.507. The van der Waals surface area contributed by atoms with Gasteiger partial charge in [-0.15, -0.1) is 0 Å². The van der Waals surface area contributed by atoms with Gasteiger partial charge >= 0.3 is 6.09 Å². The van der Waals surface area contributed by atoms with Crippen LogP contribution in [0.4, 0.5) is 19.3 Å². The number of primary amides is 1. The summed E-state index contributed by atoms with van der Waals surface area (Å²) >= 11 is 6.71. The van der Waals surface area contributed by atoms with E-state index in [4.69, 9.17) is 17.3 Å². The van der Waals surface area contributed by atoms with Gasteiger partial charge in [-0.25, -0.2) is 18.6 Å². The zero-order chi connectivity index (χ0) is 27.5. The van der Waals surface area contributed by atoms with Gasteiger partial charge in [-0.2, -0.15) is 0 Å². The first-order valence-corrected chi connectivity index (χ1v) is 12.3. The van der Waals surface area contributed by atoms with E-state index in [1.54, 1.807) is 20.8 Å². The van der Waals surface area contributed by atoms with Gasteiger partial charge in [0.25, 0.3) is 5.91 Å². The minimum absolute atomic E-state index is 0.00603. The van der Waals surface area contributed by atoms with Crippen molar-refractivity contribution in [1.29, 1.82) is 0 Å². The fourth-order valence-electron chi connectivity index (χ4n) is 4.53. The fourth-order valence-corrected chi connectivity index (χ4v) is 6.37. The molecule has 9 nitrogen and oxygen atoms in total. The van der Waals surface area contributed by atoms with E-state index in [0.717, 1.165) is 22.7 Å². The maximum atomic E-state index is 15.3. The monoisotopic (exact) mass is 551 g/mol. The number of carbonyl (C=O) groups excluding carboxylic acids is 2. The van der Waals surface area contributed by atoms with Crippen molar-refractivity contribution in [3.8, 4) is 0 Å². The van der Waals surface area contributed by atoms with Gasteiger partial charge in [0, 0.05) is 35.0 Å². The van der Waals surface area contributed by atoms with Crippen LogP contribution in [0.2, 0.25) is 5.02 Å². The molecule has 2 aliphatic rings. The Morgan fingerprint density at radius 1 is 1.27 bits per heavy atom. The predicted molar refractivity (Wildman–Crippen MR) is 136 cm³/mol. The molecule has 4 rings (SSSR count). The van der Waals surface area contributed by atoms with Gasteiger partial charge in [0.05, 0.1) is 10.6 Å². The molecule has 196 valence electrons. The van der Waals surface area contributed by atoms with Crippen LogP contribution in [0.5, 0.6) is 0 Å². The Morgan fingerprint density at radius 3 is 2.49 bits per heavy atom. The van der Waals surface area contributed by atoms with Gasteiger partial charge in [0.2, 0.25) is 5.91 Å². The first-order chi connectivity index (χ1) is 17.1. The standard InChI is InChI=1S/C24H24ClF2N5O4S/c1-22(2,3)32(21(35)36)20-31-23(4,16-9-24(16,37-20)19(28)34)13-7-12(8-14(26)17(13)27)30-18(33)15-6-5-11(25)10-29-15/h5-8,10,16H,9H2,1-4H3,(H2,28,34)(H,30,33)(H,35,36)/t16-,23+,24-/m0/s1. The van der Waals surface area contributed by atoms with Crippen LogP contribution in [0.1, 0.15) is 50.2 Å². The molecule has 0 bridgehead atoms. The number of anilines is 1. The van der Waals surface area contributed by atoms with Crippen LogP contribution in [-0.2, 0) is 10.3 Å². The molecule has 2 heterocycles. The van der Waals surface area contributed by atoms with E-state index in [0.29, 0.717) is 5.02 Å². The highest BCUT2D eigenvalue weighted by Gasteiger charge is 2.71. The van der Waals surface area contributed by atoms with Crippen LogP contribution in [0.15, 0.2) is 35.5 Å². The molecule has 0 radical (unpaired) electrons. The van der Waals surface area contributed by atoms with E-state index in [9.17, 15) is 23.9 Å². The predicted octanol–water partition coefficient (Wildman–Crippen LogP) is 4.61. The number of halogens is 3. The average molecular weight is 552 g/mol. The Balaban J connectivity index is 1.82. The molecule has 1 aromatic heterocycles. The number of nitrogens with one attached hydrogen (secondary N) is 1. The van der Waals surface area contributed by atoms with E-state index in [-0.39, 0.29) is 28.5 Å². The summed E-state index contributed by atoms with van der Waals surface area (Å²) in [5.41, 5.74) is 2.83. The molecule has 0 saturated heterocycles. The third-order valence-corrected chi connectivity index (χ3v) is 8.15. The highest BCUT2D eigenvalue weighted by Crippen LogP contribution is 2.66. The molecular weight excluding hydrogens is 528 g/mol. The van der Waals surface area contributed by atoms with Crippen LogP contribution in [0.3, 0.4) is 0 Å². The van der Waals surface area contributed by atoms with Crippen molar-refractivity contribution in [2.75, 3.05) is 5.32 Å². The Labute approximate surface area is 220 Å². The number of hydrogen-bond acceptors (Lipinski definition) is 6. The van der Waals surface area contributed by atoms with Crippen molar-refractivity contribution in [2.24, 2.45) is 16.6 Å². The number of nitrogens with two attached hydrogens (primary N) is 1. The molecule has 1 aromatic carbocycles. The van der Waals surface area contributed by atoms with Gasteiger partial charge in [-0.05, 0) is 52.3 Å². The molecule has 0 unspecified atom stereocenters. The third-order valence-electron chi connectivity index (χ3n) is 6.45. The van der Waals surface area contributed by atoms with Crippen LogP contribution in [-0.4, -0.2) is 48.4 Å². The van der Waals surface area contributed by atoms with Crippen LogP contribution < -0.4 is 11.1 Å². The lowest BCUT2D eigenvalue weighted by Crippen LogP contribution is -2.52. The van der Waals surface area contributed by atoms with Crippen molar-refractivity contribution < 1.29 is 28.3 Å². The number of hydrogen-bond donors (Lipinski definition) is 3. The molecule has 4 N–H and O–H groups in total. The molecule has 1 aliphatic carbocycles. The molecule has 1 saturated carbocycles. The minimum atomic E-state index is -1.57. The molecule has 3 amide bonds. The average Bonchev–Trinajstić information content (AvgIpc) is 3.52. The number of fused-ring (bicyclic) bond motifs is 1. The number of aliphatic imine (C=N–C) groups is 1. The number of aromatic nitrogens is 1. The molecule has 1 fully saturated rings. The van der Waals surface area contributed by atoms with Gasteiger partial charge in [0.1, 0.15) is 10.4 Å². The van der Waals surface area contributed by atoms with E-state index in [1.165, 1.54) is 31.3 Å². The number of benzene rings is 1. The SMILES string of the molecule is CC(C)(C)N(C(=O)O)C1=N[C@](C)(c2cc(NC(=O)c3ccc(Cl)cn3)cc(F)c2F)[C@@H]2C[C@]2(C(N)=O)S1. The zero-order valence-electron chi connectivity index (χ0n) is 20.3. The summed E-state index contributed by atoms with van der Waals surface area (Å²) in [7, 11) is 0. The second-order valence-corrected chi connectivity index (χ2v) is 11.8. The highest BCUT2D eigenvalue weighted by atomic mass is 35.5. The summed E-state index contributed by atoms with van der Waals surface area (Å²) in [6.45, 7) is 6.41. The topological polar surface area (TPSA) is 138 Å². The van der Waals surface area contributed by atoms with Crippen molar-refractivity contribution in [1.82, 2.24) is 9.88 Å². The summed E-state index contributed by atoms with van der Waals surface area (Å²) in [6, 6.07) is 4.85. The number of carbonyl (C=O) groups is 3. The maximum absolute atomic E-state index is 15.3. The van der Waals surface area contributed by atoms with Gasteiger partial charge in [0.15, 0.2) is 16.8 Å². The van der Waals surface area contributed by atoms with Gasteiger partial charge in [-0.1, -0.05) is 23.4 Å². The lowest BCUT2D eigenvalue weighted by atomic mass is 9.85. The summed E-state index contributed by atoms with van der Waals surface area (Å²) in [6.07, 6.45) is 0.118. The second kappa shape index (κ2) is 8.95. The Kier molecular flexibility index (Phi) is 6.48. The fraction of sp³-hybridized carbons (Fsp3) is 0.375. The van der Waals surface area contributed by atoms with Crippen molar-refractivity contribution in [2.45, 2.75) is 49.9 Å². The number of rotatable bonds is 4. The van der Waals surface area contributed by atoms with Crippen molar-refractivity contribution in [3.05, 3.63) is 58.4 Å². The van der Waals surface area contributed by atoms with Gasteiger partial charge in [-0.3, -0.25) is 19.5 Å². The molecule has 13 heteroatoms. The van der Waals surface area contributed by atoms with Gasteiger partial charge < -0.3 is 16.2 Å². The van der Waals surface area contributed by atoms with E-state index in [2.05, 4.69) is 15.3 Å². The summed E-state index contributed by atoms with van der Waals surface area (Å²) in [5.74, 6) is -4.53. The van der Waals surface area contributed by atoms with E-state index in [1.807, 2.05) is 0 Å². The maximum Gasteiger partial charge on any atom is 0.413 e. The van der Waals surface area contributed by atoms with E-state index >= 15 is 4.39 Å². The van der Waals surface area contributed by atoms with Crippen molar-refractivity contribution in [3.63, 3.8) is 0 Å². The number of pyridine rings is 1. The lowest BCUT2D eigenvalue weighted by molar-refractivity contribution is -0.118. The van der Waals surface area contributed by atoms with Crippen molar-refractivity contribution >= 4 is 52.1 Å². The molecular formula is C24H24ClF2N5O4S. The number of nitrogens with zero attached hydrogens (tertiary/aromatic N) is 3. The smallest absolute Gasteiger partial charge is 0.413 e. The summed E-state index contributed by atoms with van der Waals surface area (Å²) < 4.78 is 28.9. The first-order valence-electron chi connectivity index (χ1n) is 11.1. The Morgan fingerprint density at radius 2 is 1.95 bits per heavy atom. The summed E-state index contributed by atoms with van der Waals surface area (Å²) in [4.78, 5) is 46.8. The Bertz CT molecular complexity index is 1350. The number of carboxylic acid groups (broad SMARTS) is 1. The Hall–Kier alpha value is -3.25. The third kappa shape index (κ3) is 4.63. The number of amides is 3.